The summed E-state index contributed by atoms with van der Waals surface area (Å²) in [6.07, 6.45) is 20.2. The van der Waals surface area contributed by atoms with Gasteiger partial charge in [-0.2, -0.15) is 0 Å². The highest BCUT2D eigenvalue weighted by Gasteiger charge is 2.24. The molecule has 0 unspecified atom stereocenters. The van der Waals surface area contributed by atoms with Gasteiger partial charge in [0.15, 0.2) is 6.10 Å². The van der Waals surface area contributed by atoms with E-state index in [4.69, 9.17) is 9.84 Å². The van der Waals surface area contributed by atoms with Crippen molar-refractivity contribution in [2.75, 3.05) is 27.7 Å². The average Bonchev–Trinajstić information content (AvgIpc) is 2.63. The minimum absolute atomic E-state index is 0.131. The second kappa shape index (κ2) is 18.4. The van der Waals surface area contributed by atoms with Crippen LogP contribution in [-0.2, 0) is 14.3 Å². The van der Waals surface area contributed by atoms with E-state index in [9.17, 15) is 9.59 Å². The quantitative estimate of drug-likeness (QED) is 0.110. The number of hydrogen-bond acceptors (Lipinski definition) is 3. The Bertz CT molecular complexity index is 468. The molecule has 0 aromatic rings. The Morgan fingerprint density at radius 2 is 1.33 bits per heavy atom. The number of allylic oxidation sites excluding steroid dienone is 2. The largest absolute Gasteiger partial charge is 0.481 e. The third-order valence-corrected chi connectivity index (χ3v) is 5.09. The van der Waals surface area contributed by atoms with Gasteiger partial charge in [-0.25, -0.2) is 0 Å². The SMILES string of the molecule is CCCCCCCC/C=C/CCCCCCCC(=O)O[C@H](CC(=O)O)C[N+](C)(C)C. The van der Waals surface area contributed by atoms with Gasteiger partial charge in [0, 0.05) is 6.42 Å². The number of carbonyl (C=O) groups is 2. The van der Waals surface area contributed by atoms with Gasteiger partial charge >= 0.3 is 11.9 Å². The van der Waals surface area contributed by atoms with Crippen molar-refractivity contribution >= 4 is 11.9 Å². The van der Waals surface area contributed by atoms with E-state index in [2.05, 4.69) is 19.1 Å². The molecule has 0 amide bonds. The lowest BCUT2D eigenvalue weighted by atomic mass is 10.1. The van der Waals surface area contributed by atoms with Crippen molar-refractivity contribution in [1.29, 1.82) is 0 Å². The van der Waals surface area contributed by atoms with E-state index >= 15 is 0 Å². The number of aliphatic carboxylic acids is 1. The summed E-state index contributed by atoms with van der Waals surface area (Å²) in [5.74, 6) is -1.20. The van der Waals surface area contributed by atoms with Gasteiger partial charge in [-0.15, -0.1) is 0 Å². The number of likely N-dealkylation sites (N-methyl/N-ethyl adjacent to an activating group) is 1. The van der Waals surface area contributed by atoms with Crippen molar-refractivity contribution in [3.05, 3.63) is 12.2 Å². The number of hydrogen-bond donors (Lipinski definition) is 1. The number of rotatable bonds is 20. The number of carbonyl (C=O) groups excluding carboxylic acids is 1. The molecule has 0 fully saturated rings. The standard InChI is InChI=1S/C25H47NO4/c1-5-6-7-8-9-10-11-12-13-14-15-16-17-18-19-20-25(29)30-23(21-24(27)28)22-26(2,3)4/h12-13,23H,5-11,14-22H2,1-4H3/p+1/b13-12+/t23-/m1/s1. The number of nitrogens with zero attached hydrogens (tertiary/aromatic N) is 1. The number of carboxylic acids is 1. The van der Waals surface area contributed by atoms with E-state index in [1.807, 2.05) is 21.1 Å². The molecule has 1 N–H and O–H groups in total. The maximum atomic E-state index is 12.0. The maximum Gasteiger partial charge on any atom is 0.307 e. The predicted molar refractivity (Wildman–Crippen MR) is 124 cm³/mol. The number of unbranched alkanes of at least 4 members (excludes halogenated alkanes) is 11. The fraction of sp³-hybridized carbons (Fsp3) is 0.840. The molecule has 0 heterocycles. The van der Waals surface area contributed by atoms with E-state index in [0.29, 0.717) is 17.4 Å². The molecule has 0 aliphatic rings. The van der Waals surface area contributed by atoms with Gasteiger partial charge in [-0.05, 0) is 32.1 Å². The zero-order valence-electron chi connectivity index (χ0n) is 20.2. The van der Waals surface area contributed by atoms with Crippen LogP contribution in [0.4, 0.5) is 0 Å². The number of esters is 1. The lowest BCUT2D eigenvalue weighted by Crippen LogP contribution is -2.43. The van der Waals surface area contributed by atoms with Gasteiger partial charge in [0.2, 0.25) is 0 Å². The first-order chi connectivity index (χ1) is 14.2. The van der Waals surface area contributed by atoms with Gasteiger partial charge in [-0.3, -0.25) is 9.59 Å². The van der Waals surface area contributed by atoms with Crippen LogP contribution in [0.15, 0.2) is 12.2 Å². The summed E-state index contributed by atoms with van der Waals surface area (Å²) < 4.78 is 5.98. The summed E-state index contributed by atoms with van der Waals surface area (Å²) in [6.45, 7) is 2.76. The molecule has 0 aliphatic heterocycles. The minimum Gasteiger partial charge on any atom is -0.481 e. The average molecular weight is 427 g/mol. The fourth-order valence-electron chi connectivity index (χ4n) is 3.53. The smallest absolute Gasteiger partial charge is 0.307 e. The Hall–Kier alpha value is -1.36. The van der Waals surface area contributed by atoms with E-state index < -0.39 is 12.1 Å². The fourth-order valence-corrected chi connectivity index (χ4v) is 3.53. The van der Waals surface area contributed by atoms with Crippen molar-refractivity contribution in [3.8, 4) is 0 Å². The molecule has 0 aliphatic carbocycles. The number of ether oxygens (including phenoxy) is 1. The Morgan fingerprint density at radius 3 is 1.83 bits per heavy atom. The highest BCUT2D eigenvalue weighted by atomic mass is 16.5. The molecule has 0 aromatic heterocycles. The highest BCUT2D eigenvalue weighted by Crippen LogP contribution is 2.12. The highest BCUT2D eigenvalue weighted by molar-refractivity contribution is 5.71. The van der Waals surface area contributed by atoms with Crippen LogP contribution >= 0.6 is 0 Å². The maximum absolute atomic E-state index is 12.0. The van der Waals surface area contributed by atoms with Crippen LogP contribution in [0.1, 0.15) is 103 Å². The Morgan fingerprint density at radius 1 is 0.833 bits per heavy atom. The summed E-state index contributed by atoms with van der Waals surface area (Å²) in [4.78, 5) is 23.0. The van der Waals surface area contributed by atoms with Crippen LogP contribution in [0.5, 0.6) is 0 Å². The van der Waals surface area contributed by atoms with Gasteiger partial charge in [0.1, 0.15) is 6.54 Å². The van der Waals surface area contributed by atoms with E-state index in [1.165, 1.54) is 57.8 Å². The van der Waals surface area contributed by atoms with Crippen molar-refractivity contribution in [2.45, 2.75) is 109 Å². The van der Waals surface area contributed by atoms with Crippen molar-refractivity contribution in [1.82, 2.24) is 0 Å². The summed E-state index contributed by atoms with van der Waals surface area (Å²) in [6, 6.07) is 0. The Balaban J connectivity index is 3.65. The van der Waals surface area contributed by atoms with Gasteiger partial charge in [0.25, 0.3) is 0 Å². The van der Waals surface area contributed by atoms with Crippen LogP contribution in [0.3, 0.4) is 0 Å². The monoisotopic (exact) mass is 426 g/mol. The second-order valence-electron chi connectivity index (χ2n) is 9.52. The lowest BCUT2D eigenvalue weighted by molar-refractivity contribution is -0.873. The third-order valence-electron chi connectivity index (χ3n) is 5.09. The van der Waals surface area contributed by atoms with Crippen molar-refractivity contribution in [3.63, 3.8) is 0 Å². The summed E-state index contributed by atoms with van der Waals surface area (Å²) in [7, 11) is 5.89. The second-order valence-corrected chi connectivity index (χ2v) is 9.52. The van der Waals surface area contributed by atoms with Crippen molar-refractivity contribution < 1.29 is 23.9 Å². The molecule has 0 rings (SSSR count). The molecule has 0 aromatic carbocycles. The normalized spacial score (nSPS) is 12.9. The first-order valence-corrected chi connectivity index (χ1v) is 12.1. The number of quaternary nitrogens is 1. The molecular formula is C25H48NO4+. The van der Waals surface area contributed by atoms with E-state index in [0.717, 1.165) is 25.7 Å². The van der Waals surface area contributed by atoms with Crippen LogP contribution in [-0.4, -0.2) is 55.3 Å². The lowest BCUT2D eigenvalue weighted by Gasteiger charge is -2.28. The molecule has 0 saturated heterocycles. The zero-order chi connectivity index (χ0) is 22.7. The predicted octanol–water partition coefficient (Wildman–Crippen LogP) is 6.12. The van der Waals surface area contributed by atoms with Gasteiger partial charge < -0.3 is 14.3 Å². The first kappa shape index (κ1) is 28.6. The zero-order valence-corrected chi connectivity index (χ0v) is 20.2. The topological polar surface area (TPSA) is 63.6 Å². The van der Waals surface area contributed by atoms with Crippen LogP contribution in [0.2, 0.25) is 0 Å². The summed E-state index contributed by atoms with van der Waals surface area (Å²) in [5, 5.41) is 9.01. The molecule has 0 bridgehead atoms. The summed E-state index contributed by atoms with van der Waals surface area (Å²) >= 11 is 0. The van der Waals surface area contributed by atoms with Crippen molar-refractivity contribution in [2.24, 2.45) is 0 Å². The molecule has 176 valence electrons. The molecule has 0 radical (unpaired) electrons. The third kappa shape index (κ3) is 21.4. The molecule has 5 heteroatoms. The minimum atomic E-state index is -0.928. The van der Waals surface area contributed by atoms with Crippen LogP contribution < -0.4 is 0 Å². The molecule has 0 spiro atoms. The Labute approximate surface area is 185 Å². The van der Waals surface area contributed by atoms with Crippen LogP contribution in [0.25, 0.3) is 0 Å². The van der Waals surface area contributed by atoms with Crippen LogP contribution in [0, 0.1) is 0 Å². The molecular weight excluding hydrogens is 378 g/mol. The molecule has 0 saturated carbocycles. The molecule has 5 nitrogen and oxygen atoms in total. The van der Waals surface area contributed by atoms with Gasteiger partial charge in [0.05, 0.1) is 27.6 Å². The molecule has 30 heavy (non-hydrogen) atoms. The van der Waals surface area contributed by atoms with E-state index in [1.54, 1.807) is 0 Å². The molecule has 1 atom stereocenters. The number of carboxylic acid groups (broad SMARTS) is 1. The Kier molecular flexibility index (Phi) is 17.6. The summed E-state index contributed by atoms with van der Waals surface area (Å²) in [5.41, 5.74) is 0. The van der Waals surface area contributed by atoms with Gasteiger partial charge in [-0.1, -0.05) is 70.4 Å². The first-order valence-electron chi connectivity index (χ1n) is 12.1. The van der Waals surface area contributed by atoms with E-state index in [-0.39, 0.29) is 12.4 Å².